The number of aromatic nitrogens is 4. The van der Waals surface area contributed by atoms with E-state index in [2.05, 4.69) is 10.4 Å². The standard InChI is InChI=1S/C10H12N4O/c1-8(2)13-10(15)14(12-11-13)9-6-4-3-5-7-9/h3-8H,1-2H3. The Morgan fingerprint density at radius 3 is 2.33 bits per heavy atom. The summed E-state index contributed by atoms with van der Waals surface area (Å²) < 4.78 is 2.65. The van der Waals surface area contributed by atoms with Crippen LogP contribution >= 0.6 is 0 Å². The number of hydrogen-bond donors (Lipinski definition) is 0. The third-order valence-corrected chi connectivity index (χ3v) is 2.09. The SMILES string of the molecule is CC(C)n1nnn(-c2ccccc2)c1=O. The first-order chi connectivity index (χ1) is 7.20. The second kappa shape index (κ2) is 3.68. The van der Waals surface area contributed by atoms with Crippen LogP contribution in [-0.2, 0) is 0 Å². The summed E-state index contributed by atoms with van der Waals surface area (Å²) in [6, 6.07) is 9.27. The summed E-state index contributed by atoms with van der Waals surface area (Å²) in [4.78, 5) is 11.8. The monoisotopic (exact) mass is 204 g/mol. The van der Waals surface area contributed by atoms with Gasteiger partial charge in [-0.2, -0.15) is 9.36 Å². The zero-order chi connectivity index (χ0) is 10.8. The van der Waals surface area contributed by atoms with Crippen molar-refractivity contribution in [1.29, 1.82) is 0 Å². The van der Waals surface area contributed by atoms with Crippen LogP contribution in [0.3, 0.4) is 0 Å². The van der Waals surface area contributed by atoms with Crippen LogP contribution in [0, 0.1) is 0 Å². The molecule has 0 bridgehead atoms. The molecule has 0 saturated heterocycles. The number of rotatable bonds is 2. The van der Waals surface area contributed by atoms with E-state index >= 15 is 0 Å². The lowest BCUT2D eigenvalue weighted by Gasteiger charge is -2.00. The van der Waals surface area contributed by atoms with Crippen LogP contribution in [0.15, 0.2) is 35.1 Å². The molecule has 5 nitrogen and oxygen atoms in total. The summed E-state index contributed by atoms with van der Waals surface area (Å²) >= 11 is 0. The van der Waals surface area contributed by atoms with Gasteiger partial charge in [-0.3, -0.25) is 0 Å². The van der Waals surface area contributed by atoms with Crippen molar-refractivity contribution in [2.24, 2.45) is 0 Å². The molecule has 15 heavy (non-hydrogen) atoms. The molecular formula is C10H12N4O. The zero-order valence-corrected chi connectivity index (χ0v) is 8.66. The van der Waals surface area contributed by atoms with Crippen LogP contribution in [-0.4, -0.2) is 19.8 Å². The van der Waals surface area contributed by atoms with Gasteiger partial charge in [-0.25, -0.2) is 4.79 Å². The number of nitrogens with zero attached hydrogens (tertiary/aromatic N) is 4. The Balaban J connectivity index is 2.52. The van der Waals surface area contributed by atoms with E-state index in [0.29, 0.717) is 0 Å². The van der Waals surface area contributed by atoms with Gasteiger partial charge in [-0.1, -0.05) is 18.2 Å². The Hall–Kier alpha value is -1.91. The molecule has 78 valence electrons. The van der Waals surface area contributed by atoms with E-state index < -0.39 is 0 Å². The first kappa shape index (κ1) is 9.64. The van der Waals surface area contributed by atoms with Crippen molar-refractivity contribution in [2.45, 2.75) is 19.9 Å². The molecular weight excluding hydrogens is 192 g/mol. The lowest BCUT2D eigenvalue weighted by molar-refractivity contribution is 0.500. The van der Waals surface area contributed by atoms with E-state index in [1.54, 1.807) is 0 Å². The van der Waals surface area contributed by atoms with Crippen molar-refractivity contribution in [2.75, 3.05) is 0 Å². The van der Waals surface area contributed by atoms with Gasteiger partial charge in [0.15, 0.2) is 0 Å². The van der Waals surface area contributed by atoms with Gasteiger partial charge in [0.2, 0.25) is 0 Å². The van der Waals surface area contributed by atoms with Crippen molar-refractivity contribution in [1.82, 2.24) is 19.8 Å². The van der Waals surface area contributed by atoms with Crippen LogP contribution in [0.4, 0.5) is 0 Å². The summed E-state index contributed by atoms with van der Waals surface area (Å²) in [5.74, 6) is 0. The van der Waals surface area contributed by atoms with E-state index in [1.807, 2.05) is 44.2 Å². The molecule has 0 unspecified atom stereocenters. The fourth-order valence-corrected chi connectivity index (χ4v) is 1.31. The molecule has 1 aromatic carbocycles. The molecule has 0 aliphatic carbocycles. The first-order valence-electron chi connectivity index (χ1n) is 4.80. The lowest BCUT2D eigenvalue weighted by Crippen LogP contribution is -2.25. The van der Waals surface area contributed by atoms with Gasteiger partial charge in [0, 0.05) is 0 Å². The average Bonchev–Trinajstić information content (AvgIpc) is 2.61. The largest absolute Gasteiger partial charge is 0.368 e. The summed E-state index contributed by atoms with van der Waals surface area (Å²) in [6.45, 7) is 3.79. The molecule has 1 heterocycles. The highest BCUT2D eigenvalue weighted by Crippen LogP contribution is 2.02. The minimum absolute atomic E-state index is 0.0231. The van der Waals surface area contributed by atoms with Gasteiger partial charge >= 0.3 is 5.69 Å². The van der Waals surface area contributed by atoms with Crippen molar-refractivity contribution in [3.63, 3.8) is 0 Å². The van der Waals surface area contributed by atoms with Crippen molar-refractivity contribution < 1.29 is 0 Å². The highest BCUT2D eigenvalue weighted by Gasteiger charge is 2.09. The topological polar surface area (TPSA) is 52.7 Å². The highest BCUT2D eigenvalue weighted by atomic mass is 16.2. The van der Waals surface area contributed by atoms with Gasteiger partial charge in [0.1, 0.15) is 0 Å². The maximum Gasteiger partial charge on any atom is 0.368 e. The molecule has 0 aliphatic heterocycles. The Kier molecular flexibility index (Phi) is 2.37. The quantitative estimate of drug-likeness (QED) is 0.733. The maximum absolute atomic E-state index is 11.8. The summed E-state index contributed by atoms with van der Waals surface area (Å²) in [7, 11) is 0. The molecule has 0 amide bonds. The smallest absolute Gasteiger partial charge is 0.244 e. The number of tetrazole rings is 1. The number of para-hydroxylation sites is 1. The Morgan fingerprint density at radius 2 is 1.80 bits per heavy atom. The van der Waals surface area contributed by atoms with Crippen molar-refractivity contribution in [3.8, 4) is 5.69 Å². The minimum atomic E-state index is -0.212. The van der Waals surface area contributed by atoms with Gasteiger partial charge in [-0.05, 0) is 36.4 Å². The van der Waals surface area contributed by atoms with E-state index in [4.69, 9.17) is 0 Å². The van der Waals surface area contributed by atoms with Crippen molar-refractivity contribution >= 4 is 0 Å². The minimum Gasteiger partial charge on any atom is -0.244 e. The van der Waals surface area contributed by atoms with Crippen LogP contribution in [0.5, 0.6) is 0 Å². The Morgan fingerprint density at radius 1 is 1.13 bits per heavy atom. The van der Waals surface area contributed by atoms with Gasteiger partial charge in [0.25, 0.3) is 0 Å². The number of benzene rings is 1. The fraction of sp³-hybridized carbons (Fsp3) is 0.300. The van der Waals surface area contributed by atoms with Crippen LogP contribution in [0.1, 0.15) is 19.9 Å². The second-order valence-corrected chi connectivity index (χ2v) is 3.55. The van der Waals surface area contributed by atoms with Crippen molar-refractivity contribution in [3.05, 3.63) is 40.8 Å². The van der Waals surface area contributed by atoms with Gasteiger partial charge in [0.05, 0.1) is 11.7 Å². The summed E-state index contributed by atoms with van der Waals surface area (Å²) in [6.07, 6.45) is 0. The molecule has 2 rings (SSSR count). The molecule has 0 radical (unpaired) electrons. The molecule has 0 aliphatic rings. The number of hydrogen-bond acceptors (Lipinski definition) is 3. The fourth-order valence-electron chi connectivity index (χ4n) is 1.31. The molecule has 0 fully saturated rings. The molecule has 5 heteroatoms. The van der Waals surface area contributed by atoms with E-state index in [1.165, 1.54) is 9.36 Å². The second-order valence-electron chi connectivity index (χ2n) is 3.55. The molecule has 0 N–H and O–H groups in total. The third kappa shape index (κ3) is 1.68. The maximum atomic E-state index is 11.8. The lowest BCUT2D eigenvalue weighted by atomic mass is 10.3. The summed E-state index contributed by atoms with van der Waals surface area (Å²) in [5.41, 5.74) is 0.519. The van der Waals surface area contributed by atoms with E-state index in [9.17, 15) is 4.79 Å². The van der Waals surface area contributed by atoms with Gasteiger partial charge < -0.3 is 0 Å². The third-order valence-electron chi connectivity index (χ3n) is 2.09. The molecule has 1 aromatic heterocycles. The van der Waals surface area contributed by atoms with Crippen LogP contribution in [0.25, 0.3) is 5.69 Å². The highest BCUT2D eigenvalue weighted by molar-refractivity contribution is 5.28. The van der Waals surface area contributed by atoms with E-state index in [-0.39, 0.29) is 11.7 Å². The molecule has 0 atom stereocenters. The van der Waals surface area contributed by atoms with Gasteiger partial charge in [-0.15, -0.1) is 0 Å². The predicted molar refractivity (Wildman–Crippen MR) is 56.0 cm³/mol. The van der Waals surface area contributed by atoms with Crippen LogP contribution in [0.2, 0.25) is 0 Å². The molecule has 0 saturated carbocycles. The Labute approximate surface area is 86.9 Å². The average molecular weight is 204 g/mol. The Bertz CT molecular complexity index is 498. The zero-order valence-electron chi connectivity index (χ0n) is 8.66. The molecule has 0 spiro atoms. The van der Waals surface area contributed by atoms with E-state index in [0.717, 1.165) is 5.69 Å². The van der Waals surface area contributed by atoms with Crippen LogP contribution < -0.4 is 5.69 Å². The molecule has 2 aromatic rings. The summed E-state index contributed by atoms with van der Waals surface area (Å²) in [5, 5.41) is 7.63. The first-order valence-corrected chi connectivity index (χ1v) is 4.80. The normalized spacial score (nSPS) is 10.9. The predicted octanol–water partition coefficient (Wildman–Crippen LogP) is 1.01.